The minimum atomic E-state index is 0.0224. The topological polar surface area (TPSA) is 63.1 Å². The summed E-state index contributed by atoms with van der Waals surface area (Å²) in [5.74, 6) is 0. The van der Waals surface area contributed by atoms with Crippen LogP contribution in [0.1, 0.15) is 39.3 Å². The summed E-state index contributed by atoms with van der Waals surface area (Å²) in [7, 11) is 0. The van der Waals surface area contributed by atoms with Gasteiger partial charge in [0.1, 0.15) is 0 Å². The lowest BCUT2D eigenvalue weighted by Gasteiger charge is -2.25. The Kier molecular flexibility index (Phi) is 4.34. The molecule has 1 unspecified atom stereocenters. The molecule has 5 rings (SSSR count). The van der Waals surface area contributed by atoms with Gasteiger partial charge in [-0.1, -0.05) is 39.0 Å². The summed E-state index contributed by atoms with van der Waals surface area (Å²) in [6, 6.07) is 12.6. The van der Waals surface area contributed by atoms with Gasteiger partial charge in [-0.2, -0.15) is 5.10 Å². The maximum Gasteiger partial charge on any atom is 0.317 e. The van der Waals surface area contributed by atoms with E-state index in [2.05, 4.69) is 54.0 Å². The highest BCUT2D eigenvalue weighted by molar-refractivity contribution is 5.82. The van der Waals surface area contributed by atoms with Crippen molar-refractivity contribution in [2.24, 2.45) is 5.41 Å². The van der Waals surface area contributed by atoms with Crippen LogP contribution < -0.4 is 5.32 Å². The van der Waals surface area contributed by atoms with E-state index < -0.39 is 0 Å². The van der Waals surface area contributed by atoms with Crippen molar-refractivity contribution in [2.45, 2.75) is 45.6 Å². The number of nitrogens with zero attached hydrogens (tertiary/aromatic N) is 4. The van der Waals surface area contributed by atoms with Gasteiger partial charge in [-0.05, 0) is 36.5 Å². The molecule has 156 valence electrons. The second-order valence-electron chi connectivity index (χ2n) is 9.98. The first-order valence-corrected chi connectivity index (χ1v) is 10.8. The third-order valence-corrected chi connectivity index (χ3v) is 6.42. The van der Waals surface area contributed by atoms with Gasteiger partial charge in [-0.15, -0.1) is 0 Å². The molecular formula is C24H29N5O. The number of fused-ring (bicyclic) bond motifs is 3. The number of rotatable bonds is 2. The minimum absolute atomic E-state index is 0.0224. The van der Waals surface area contributed by atoms with Gasteiger partial charge in [0.2, 0.25) is 0 Å². The molecule has 1 aromatic carbocycles. The number of amides is 2. The van der Waals surface area contributed by atoms with Crippen LogP contribution in [0.4, 0.5) is 4.79 Å². The number of urea groups is 1. The van der Waals surface area contributed by atoms with E-state index in [4.69, 9.17) is 5.10 Å². The van der Waals surface area contributed by atoms with Crippen molar-refractivity contribution in [1.29, 1.82) is 0 Å². The zero-order chi connectivity index (χ0) is 20.9. The highest BCUT2D eigenvalue weighted by Gasteiger charge is 2.47. The highest BCUT2D eigenvalue weighted by atomic mass is 16.2. The van der Waals surface area contributed by atoms with Crippen LogP contribution in [0.3, 0.4) is 0 Å². The number of benzene rings is 1. The van der Waals surface area contributed by atoms with Crippen molar-refractivity contribution in [1.82, 2.24) is 25.0 Å². The molecule has 2 aromatic heterocycles. The fourth-order valence-electron chi connectivity index (χ4n) is 4.73. The van der Waals surface area contributed by atoms with Crippen LogP contribution in [-0.4, -0.2) is 45.3 Å². The number of hydrogen-bond acceptors (Lipinski definition) is 3. The van der Waals surface area contributed by atoms with Gasteiger partial charge in [0, 0.05) is 54.4 Å². The van der Waals surface area contributed by atoms with E-state index in [0.29, 0.717) is 6.54 Å². The standard InChI is InChI=1S/C24H29N5O/c1-23(2,3)15-26-22(30)28-10-8-24(16-28)9-11-29-21(24)13-20(27-29)18-12-17-6-4-5-7-19(17)25-14-18/h4-7,12-14H,8-11,15-16H2,1-3H3,(H,26,30). The molecule has 30 heavy (non-hydrogen) atoms. The minimum Gasteiger partial charge on any atom is -0.337 e. The molecule has 0 radical (unpaired) electrons. The summed E-state index contributed by atoms with van der Waals surface area (Å²) in [6.45, 7) is 9.57. The van der Waals surface area contributed by atoms with Gasteiger partial charge >= 0.3 is 6.03 Å². The molecule has 6 nitrogen and oxygen atoms in total. The monoisotopic (exact) mass is 403 g/mol. The molecule has 2 aliphatic rings. The Labute approximate surface area is 177 Å². The molecule has 6 heteroatoms. The maximum atomic E-state index is 12.7. The fourth-order valence-corrected chi connectivity index (χ4v) is 4.73. The molecule has 4 heterocycles. The molecule has 2 amide bonds. The lowest BCUT2D eigenvalue weighted by atomic mass is 9.82. The number of para-hydroxylation sites is 1. The number of pyridine rings is 1. The van der Waals surface area contributed by atoms with Crippen LogP contribution in [0.5, 0.6) is 0 Å². The van der Waals surface area contributed by atoms with Gasteiger partial charge in [-0.3, -0.25) is 9.67 Å². The summed E-state index contributed by atoms with van der Waals surface area (Å²) >= 11 is 0. The van der Waals surface area contributed by atoms with E-state index in [-0.39, 0.29) is 16.9 Å². The van der Waals surface area contributed by atoms with Crippen molar-refractivity contribution in [3.05, 3.63) is 48.3 Å². The van der Waals surface area contributed by atoms with Crippen molar-refractivity contribution in [3.8, 4) is 11.3 Å². The molecular weight excluding hydrogens is 374 g/mol. The molecule has 2 aliphatic heterocycles. The van der Waals surface area contributed by atoms with Crippen molar-refractivity contribution >= 4 is 16.9 Å². The summed E-state index contributed by atoms with van der Waals surface area (Å²) in [5.41, 5.74) is 4.38. The van der Waals surface area contributed by atoms with E-state index in [0.717, 1.165) is 54.6 Å². The number of nitrogens with one attached hydrogen (secondary N) is 1. The van der Waals surface area contributed by atoms with Crippen molar-refractivity contribution in [2.75, 3.05) is 19.6 Å². The fraction of sp³-hybridized carbons (Fsp3) is 0.458. The van der Waals surface area contributed by atoms with Crippen LogP contribution in [0.15, 0.2) is 42.6 Å². The quantitative estimate of drug-likeness (QED) is 0.697. The molecule has 0 saturated carbocycles. The normalized spacial score (nSPS) is 20.8. The van der Waals surface area contributed by atoms with Crippen molar-refractivity contribution in [3.63, 3.8) is 0 Å². The van der Waals surface area contributed by atoms with Crippen molar-refractivity contribution < 1.29 is 4.79 Å². The van der Waals surface area contributed by atoms with E-state index in [1.165, 1.54) is 5.69 Å². The van der Waals surface area contributed by atoms with Crippen LogP contribution in [-0.2, 0) is 12.0 Å². The van der Waals surface area contributed by atoms with Gasteiger partial charge < -0.3 is 10.2 Å². The lowest BCUT2D eigenvalue weighted by Crippen LogP contribution is -2.43. The Hall–Kier alpha value is -2.89. The van der Waals surface area contributed by atoms with E-state index >= 15 is 0 Å². The molecule has 0 bridgehead atoms. The smallest absolute Gasteiger partial charge is 0.317 e. The molecule has 1 saturated heterocycles. The first-order valence-electron chi connectivity index (χ1n) is 10.8. The van der Waals surface area contributed by atoms with Gasteiger partial charge in [0.25, 0.3) is 0 Å². The van der Waals surface area contributed by atoms with Gasteiger partial charge in [-0.25, -0.2) is 4.79 Å². The Balaban J connectivity index is 1.37. The van der Waals surface area contributed by atoms with Crippen LogP contribution in [0, 0.1) is 5.41 Å². The maximum absolute atomic E-state index is 12.7. The number of aryl methyl sites for hydroxylation is 1. The molecule has 1 spiro atoms. The predicted octanol–water partition coefficient (Wildman–Crippen LogP) is 4.20. The Morgan fingerprint density at radius 2 is 1.97 bits per heavy atom. The third-order valence-electron chi connectivity index (χ3n) is 6.42. The second kappa shape index (κ2) is 6.83. The zero-order valence-corrected chi connectivity index (χ0v) is 18.0. The Morgan fingerprint density at radius 1 is 1.17 bits per heavy atom. The predicted molar refractivity (Wildman–Crippen MR) is 118 cm³/mol. The van der Waals surface area contributed by atoms with E-state index in [1.54, 1.807) is 0 Å². The van der Waals surface area contributed by atoms with Crippen LogP contribution >= 0.6 is 0 Å². The number of carbonyl (C=O) groups excluding carboxylic acids is 1. The first kappa shape index (κ1) is 19.1. The van der Waals surface area contributed by atoms with Gasteiger partial charge in [0.15, 0.2) is 0 Å². The Bertz CT molecular complexity index is 1110. The van der Waals surface area contributed by atoms with Crippen LogP contribution in [0.25, 0.3) is 22.2 Å². The lowest BCUT2D eigenvalue weighted by molar-refractivity contribution is 0.200. The Morgan fingerprint density at radius 3 is 2.80 bits per heavy atom. The average Bonchev–Trinajstić information content (AvgIpc) is 3.42. The number of hydrogen-bond donors (Lipinski definition) is 1. The number of carbonyl (C=O) groups is 1. The summed E-state index contributed by atoms with van der Waals surface area (Å²) in [4.78, 5) is 19.3. The zero-order valence-electron chi connectivity index (χ0n) is 18.0. The molecule has 1 atom stereocenters. The van der Waals surface area contributed by atoms with Gasteiger partial charge in [0.05, 0.1) is 11.2 Å². The number of aromatic nitrogens is 3. The number of likely N-dealkylation sites (tertiary alicyclic amines) is 1. The molecule has 1 fully saturated rings. The van der Waals surface area contributed by atoms with Crippen LogP contribution in [0.2, 0.25) is 0 Å². The second-order valence-corrected chi connectivity index (χ2v) is 9.98. The molecule has 3 aromatic rings. The molecule has 1 N–H and O–H groups in total. The van der Waals surface area contributed by atoms with E-state index in [9.17, 15) is 4.79 Å². The third kappa shape index (κ3) is 3.34. The summed E-state index contributed by atoms with van der Waals surface area (Å²) in [5, 5.41) is 9.11. The van der Waals surface area contributed by atoms with E-state index in [1.807, 2.05) is 29.3 Å². The average molecular weight is 404 g/mol. The SMILES string of the molecule is CC(C)(C)CNC(=O)N1CCC2(CCn3nc(-c4cnc5ccccc5c4)cc32)C1. The largest absolute Gasteiger partial charge is 0.337 e. The first-order chi connectivity index (χ1) is 14.3. The summed E-state index contributed by atoms with van der Waals surface area (Å²) in [6.07, 6.45) is 3.96. The summed E-state index contributed by atoms with van der Waals surface area (Å²) < 4.78 is 2.14. The highest BCUT2D eigenvalue weighted by Crippen LogP contribution is 2.43. The molecule has 0 aliphatic carbocycles.